The highest BCUT2D eigenvalue weighted by Gasteiger charge is 2.09. The fourth-order valence-corrected chi connectivity index (χ4v) is 1.96. The number of ether oxygens (including phenoxy) is 1. The van der Waals surface area contributed by atoms with Gasteiger partial charge in [0, 0.05) is 12.7 Å². The van der Waals surface area contributed by atoms with E-state index in [1.165, 1.54) is 11.8 Å². The Kier molecular flexibility index (Phi) is 5.10. The summed E-state index contributed by atoms with van der Waals surface area (Å²) in [7, 11) is 0. The van der Waals surface area contributed by atoms with Crippen molar-refractivity contribution < 1.29 is 9.53 Å². The van der Waals surface area contributed by atoms with Gasteiger partial charge in [0.2, 0.25) is 0 Å². The fraction of sp³-hybridized carbons (Fsp3) is 0.312. The quantitative estimate of drug-likeness (QED) is 0.763. The van der Waals surface area contributed by atoms with Crippen molar-refractivity contribution in [1.29, 1.82) is 5.26 Å². The molecule has 0 fully saturated rings. The molecule has 2 rings (SSSR count). The highest BCUT2D eigenvalue weighted by atomic mass is 16.5. The van der Waals surface area contributed by atoms with E-state index in [0.717, 1.165) is 12.0 Å². The lowest BCUT2D eigenvalue weighted by Crippen LogP contribution is -2.04. The summed E-state index contributed by atoms with van der Waals surface area (Å²) in [6.07, 6.45) is 4.47. The van der Waals surface area contributed by atoms with Crippen LogP contribution in [0, 0.1) is 11.3 Å². The van der Waals surface area contributed by atoms with Crippen LogP contribution in [0.3, 0.4) is 0 Å². The topological polar surface area (TPSA) is 67.9 Å². The van der Waals surface area contributed by atoms with Crippen molar-refractivity contribution in [1.82, 2.24) is 9.78 Å². The van der Waals surface area contributed by atoms with Gasteiger partial charge >= 0.3 is 5.97 Å². The molecule has 0 saturated carbocycles. The minimum atomic E-state index is -0.343. The average Bonchev–Trinajstić information content (AvgIpc) is 2.96. The summed E-state index contributed by atoms with van der Waals surface area (Å²) in [5, 5.41) is 12.8. The van der Waals surface area contributed by atoms with Gasteiger partial charge in [-0.25, -0.2) is 4.79 Å². The number of aromatic nitrogens is 2. The molecular weight excluding hydrogens is 266 g/mol. The van der Waals surface area contributed by atoms with Crippen LogP contribution in [0.5, 0.6) is 0 Å². The molecule has 5 heteroatoms. The lowest BCUT2D eigenvalue weighted by Gasteiger charge is -2.03. The minimum absolute atomic E-state index is 0.343. The van der Waals surface area contributed by atoms with Crippen molar-refractivity contribution in [3.63, 3.8) is 0 Å². The number of nitriles is 1. The third-order valence-corrected chi connectivity index (χ3v) is 3.08. The van der Waals surface area contributed by atoms with Crippen molar-refractivity contribution >= 4 is 5.97 Å². The first kappa shape index (κ1) is 14.8. The minimum Gasteiger partial charge on any atom is -0.462 e. The Bertz CT molecular complexity index is 638. The zero-order valence-corrected chi connectivity index (χ0v) is 12.0. The highest BCUT2D eigenvalue weighted by molar-refractivity contribution is 5.88. The number of esters is 1. The third-order valence-electron chi connectivity index (χ3n) is 3.08. The Morgan fingerprint density at radius 2 is 2.05 bits per heavy atom. The highest BCUT2D eigenvalue weighted by Crippen LogP contribution is 2.07. The van der Waals surface area contributed by atoms with Crippen molar-refractivity contribution in [2.75, 3.05) is 6.61 Å². The van der Waals surface area contributed by atoms with Crippen LogP contribution in [0.2, 0.25) is 0 Å². The monoisotopic (exact) mass is 283 g/mol. The number of aryl methyl sites for hydroxylation is 2. The van der Waals surface area contributed by atoms with E-state index in [4.69, 9.17) is 10.00 Å². The molecule has 5 nitrogen and oxygen atoms in total. The van der Waals surface area contributed by atoms with E-state index < -0.39 is 0 Å². The van der Waals surface area contributed by atoms with Crippen LogP contribution in [-0.4, -0.2) is 22.4 Å². The number of carbonyl (C=O) groups is 1. The Morgan fingerprint density at radius 1 is 1.33 bits per heavy atom. The molecule has 21 heavy (non-hydrogen) atoms. The van der Waals surface area contributed by atoms with Crippen molar-refractivity contribution in [3.05, 3.63) is 53.3 Å². The lowest BCUT2D eigenvalue weighted by molar-refractivity contribution is 0.0526. The molecule has 0 aliphatic carbocycles. The normalized spacial score (nSPS) is 10.1. The van der Waals surface area contributed by atoms with E-state index >= 15 is 0 Å². The van der Waals surface area contributed by atoms with E-state index in [2.05, 4.69) is 11.2 Å². The molecule has 0 atom stereocenters. The van der Waals surface area contributed by atoms with Gasteiger partial charge in [-0.15, -0.1) is 0 Å². The van der Waals surface area contributed by atoms with E-state index in [9.17, 15) is 4.79 Å². The molecule has 0 amide bonds. The number of hydrogen-bond acceptors (Lipinski definition) is 4. The van der Waals surface area contributed by atoms with Gasteiger partial charge < -0.3 is 4.74 Å². The largest absolute Gasteiger partial charge is 0.462 e. The van der Waals surface area contributed by atoms with Crippen LogP contribution < -0.4 is 0 Å². The average molecular weight is 283 g/mol. The molecule has 0 unspecified atom stereocenters. The predicted molar refractivity (Wildman–Crippen MR) is 77.6 cm³/mol. The summed E-state index contributed by atoms with van der Waals surface area (Å²) < 4.78 is 6.65. The van der Waals surface area contributed by atoms with Crippen LogP contribution in [-0.2, 0) is 24.1 Å². The smallest absolute Gasteiger partial charge is 0.341 e. The summed E-state index contributed by atoms with van der Waals surface area (Å²) in [6, 6.07) is 10.1. The fourth-order valence-electron chi connectivity index (χ4n) is 1.96. The van der Waals surface area contributed by atoms with Gasteiger partial charge in [0.1, 0.15) is 0 Å². The van der Waals surface area contributed by atoms with Crippen molar-refractivity contribution in [2.45, 2.75) is 26.3 Å². The third kappa shape index (κ3) is 4.18. The van der Waals surface area contributed by atoms with Gasteiger partial charge in [-0.1, -0.05) is 24.3 Å². The van der Waals surface area contributed by atoms with Crippen molar-refractivity contribution in [3.8, 4) is 6.07 Å². The second-order valence-corrected chi connectivity index (χ2v) is 4.61. The van der Waals surface area contributed by atoms with Crippen LogP contribution in [0.4, 0.5) is 0 Å². The summed E-state index contributed by atoms with van der Waals surface area (Å²) in [6.45, 7) is 2.83. The number of carbonyl (C=O) groups excluding carboxylic acids is 1. The zero-order valence-electron chi connectivity index (χ0n) is 12.0. The van der Waals surface area contributed by atoms with Gasteiger partial charge in [-0.05, 0) is 24.5 Å². The molecule has 0 N–H and O–H groups in total. The van der Waals surface area contributed by atoms with Gasteiger partial charge in [-0.3, -0.25) is 4.68 Å². The summed E-state index contributed by atoms with van der Waals surface area (Å²) in [5.41, 5.74) is 2.66. The summed E-state index contributed by atoms with van der Waals surface area (Å²) in [4.78, 5) is 11.5. The van der Waals surface area contributed by atoms with Gasteiger partial charge in [0.05, 0.1) is 30.9 Å². The zero-order chi connectivity index (χ0) is 15.1. The molecule has 1 heterocycles. The SMILES string of the molecule is CCOC(=O)c1cnn(CCc2ccc(CC#N)cc2)c1. The summed E-state index contributed by atoms with van der Waals surface area (Å²) in [5.74, 6) is -0.343. The van der Waals surface area contributed by atoms with Gasteiger partial charge in [-0.2, -0.15) is 10.4 Å². The van der Waals surface area contributed by atoms with Crippen LogP contribution >= 0.6 is 0 Å². The standard InChI is InChI=1S/C16H17N3O2/c1-2-21-16(20)15-11-18-19(12-15)10-8-14-5-3-13(4-6-14)7-9-17/h3-6,11-12H,2,7-8,10H2,1H3. The molecule has 0 radical (unpaired) electrons. The first-order valence-corrected chi connectivity index (χ1v) is 6.87. The van der Waals surface area contributed by atoms with E-state index in [1.54, 1.807) is 17.8 Å². The van der Waals surface area contributed by atoms with Crippen LogP contribution in [0.15, 0.2) is 36.7 Å². The molecule has 0 saturated heterocycles. The van der Waals surface area contributed by atoms with E-state index in [0.29, 0.717) is 25.1 Å². The Balaban J connectivity index is 1.91. The first-order valence-electron chi connectivity index (χ1n) is 6.87. The molecule has 0 spiro atoms. The molecule has 1 aromatic carbocycles. The number of hydrogen-bond donors (Lipinski definition) is 0. The maximum atomic E-state index is 11.5. The molecule has 0 bridgehead atoms. The molecule has 108 valence electrons. The van der Waals surface area contributed by atoms with Crippen LogP contribution in [0.1, 0.15) is 28.4 Å². The predicted octanol–water partition coefficient (Wildman–Crippen LogP) is 2.37. The van der Waals surface area contributed by atoms with Crippen LogP contribution in [0.25, 0.3) is 0 Å². The Hall–Kier alpha value is -2.61. The Morgan fingerprint density at radius 3 is 2.71 bits per heavy atom. The maximum Gasteiger partial charge on any atom is 0.341 e. The first-order chi connectivity index (χ1) is 10.2. The maximum absolute atomic E-state index is 11.5. The molecule has 0 aliphatic heterocycles. The molecular formula is C16H17N3O2. The van der Waals surface area contributed by atoms with E-state index in [1.807, 2.05) is 24.3 Å². The van der Waals surface area contributed by atoms with Gasteiger partial charge in [0.15, 0.2) is 0 Å². The molecule has 0 aliphatic rings. The molecule has 1 aromatic heterocycles. The number of benzene rings is 1. The summed E-state index contributed by atoms with van der Waals surface area (Å²) >= 11 is 0. The number of nitrogens with zero attached hydrogens (tertiary/aromatic N) is 3. The number of rotatable bonds is 6. The second-order valence-electron chi connectivity index (χ2n) is 4.61. The Labute approximate surface area is 123 Å². The lowest BCUT2D eigenvalue weighted by atomic mass is 10.1. The van der Waals surface area contributed by atoms with E-state index in [-0.39, 0.29) is 5.97 Å². The second kappa shape index (κ2) is 7.25. The van der Waals surface area contributed by atoms with Gasteiger partial charge in [0.25, 0.3) is 0 Å². The molecule has 2 aromatic rings. The van der Waals surface area contributed by atoms with Crippen molar-refractivity contribution in [2.24, 2.45) is 0 Å².